The number of rotatable bonds is 5. The Hall–Kier alpha value is -1.75. The average molecular weight is 330 g/mol. The van der Waals surface area contributed by atoms with Gasteiger partial charge in [-0.15, -0.1) is 0 Å². The van der Waals surface area contributed by atoms with Crippen LogP contribution in [-0.4, -0.2) is 41.7 Å². The lowest BCUT2D eigenvalue weighted by atomic mass is 10.1. The molecule has 1 aromatic carbocycles. The zero-order valence-corrected chi connectivity index (χ0v) is 14.5. The standard InChI is InChI=1S/C18H22N2O2S/c1-3-13-10-14-6-7-15(22-2)11-16(14)19-18(13)23-12-17(21)20-8-4-5-9-20/h6-7,10-11H,3-5,8-9,12H2,1-2H3. The van der Waals surface area contributed by atoms with Crippen LogP contribution in [0.4, 0.5) is 0 Å². The number of aryl methyl sites for hydroxylation is 1. The number of aromatic nitrogens is 1. The normalized spacial score (nSPS) is 14.4. The van der Waals surface area contributed by atoms with Gasteiger partial charge in [0.1, 0.15) is 10.8 Å². The van der Waals surface area contributed by atoms with E-state index in [-0.39, 0.29) is 5.91 Å². The van der Waals surface area contributed by atoms with E-state index in [1.54, 1.807) is 18.9 Å². The summed E-state index contributed by atoms with van der Waals surface area (Å²) >= 11 is 1.55. The van der Waals surface area contributed by atoms with Gasteiger partial charge in [0.2, 0.25) is 5.91 Å². The maximum Gasteiger partial charge on any atom is 0.232 e. The number of hydrogen-bond donors (Lipinski definition) is 0. The van der Waals surface area contributed by atoms with Crippen molar-refractivity contribution >= 4 is 28.6 Å². The molecule has 0 N–H and O–H groups in total. The van der Waals surface area contributed by atoms with E-state index in [2.05, 4.69) is 13.0 Å². The Kier molecular flexibility index (Phi) is 5.06. The number of amides is 1. The molecule has 0 unspecified atom stereocenters. The SMILES string of the molecule is CCc1cc2ccc(OC)cc2nc1SCC(=O)N1CCCC1. The fourth-order valence-corrected chi connectivity index (χ4v) is 3.86. The molecule has 1 aliphatic heterocycles. The zero-order chi connectivity index (χ0) is 16.2. The quantitative estimate of drug-likeness (QED) is 0.787. The molecule has 1 fully saturated rings. The lowest BCUT2D eigenvalue weighted by Crippen LogP contribution is -2.29. The lowest BCUT2D eigenvalue weighted by molar-refractivity contribution is -0.127. The molecule has 1 amide bonds. The van der Waals surface area contributed by atoms with Crippen molar-refractivity contribution in [3.8, 4) is 5.75 Å². The smallest absolute Gasteiger partial charge is 0.232 e. The molecule has 4 nitrogen and oxygen atoms in total. The molecule has 0 radical (unpaired) electrons. The largest absolute Gasteiger partial charge is 0.497 e. The van der Waals surface area contributed by atoms with Gasteiger partial charge in [-0.05, 0) is 43.0 Å². The van der Waals surface area contributed by atoms with Gasteiger partial charge >= 0.3 is 0 Å². The van der Waals surface area contributed by atoms with Crippen LogP contribution in [0.25, 0.3) is 10.9 Å². The predicted molar refractivity (Wildman–Crippen MR) is 94.2 cm³/mol. The number of likely N-dealkylation sites (tertiary alicyclic amines) is 1. The van der Waals surface area contributed by atoms with Crippen molar-refractivity contribution in [3.05, 3.63) is 29.8 Å². The van der Waals surface area contributed by atoms with Crippen LogP contribution in [0.1, 0.15) is 25.3 Å². The van der Waals surface area contributed by atoms with E-state index >= 15 is 0 Å². The molecule has 1 aliphatic rings. The minimum absolute atomic E-state index is 0.224. The molecule has 5 heteroatoms. The Morgan fingerprint density at radius 1 is 1.30 bits per heavy atom. The summed E-state index contributed by atoms with van der Waals surface area (Å²) in [5.74, 6) is 1.50. The molecule has 0 saturated carbocycles. The highest BCUT2D eigenvalue weighted by Gasteiger charge is 2.18. The van der Waals surface area contributed by atoms with Crippen LogP contribution in [0.15, 0.2) is 29.3 Å². The molecule has 0 atom stereocenters. The molecule has 122 valence electrons. The number of benzene rings is 1. The van der Waals surface area contributed by atoms with Crippen LogP contribution in [-0.2, 0) is 11.2 Å². The number of hydrogen-bond acceptors (Lipinski definition) is 4. The van der Waals surface area contributed by atoms with Crippen molar-refractivity contribution in [3.63, 3.8) is 0 Å². The summed E-state index contributed by atoms with van der Waals surface area (Å²) in [6.07, 6.45) is 3.17. The molecule has 0 aliphatic carbocycles. The summed E-state index contributed by atoms with van der Waals surface area (Å²) in [6.45, 7) is 3.93. The van der Waals surface area contributed by atoms with Gasteiger partial charge in [-0.2, -0.15) is 0 Å². The van der Waals surface area contributed by atoms with E-state index in [1.165, 1.54) is 5.56 Å². The second-order valence-corrected chi connectivity index (χ2v) is 6.71. The monoisotopic (exact) mass is 330 g/mol. The molecular formula is C18H22N2O2S. The Morgan fingerprint density at radius 3 is 2.78 bits per heavy atom. The molecule has 3 rings (SSSR count). The van der Waals surface area contributed by atoms with Gasteiger partial charge in [-0.25, -0.2) is 4.98 Å². The van der Waals surface area contributed by atoms with E-state index in [0.717, 1.165) is 54.0 Å². The topological polar surface area (TPSA) is 42.4 Å². The third-order valence-electron chi connectivity index (χ3n) is 4.24. The fourth-order valence-electron chi connectivity index (χ4n) is 2.87. The van der Waals surface area contributed by atoms with Gasteiger partial charge in [-0.3, -0.25) is 4.79 Å². The highest BCUT2D eigenvalue weighted by Crippen LogP contribution is 2.28. The van der Waals surface area contributed by atoms with Crippen molar-refractivity contribution in [2.45, 2.75) is 31.2 Å². The first-order valence-corrected chi connectivity index (χ1v) is 9.08. The highest BCUT2D eigenvalue weighted by atomic mass is 32.2. The molecule has 23 heavy (non-hydrogen) atoms. The van der Waals surface area contributed by atoms with Crippen LogP contribution >= 0.6 is 11.8 Å². The summed E-state index contributed by atoms with van der Waals surface area (Å²) < 4.78 is 5.28. The number of ether oxygens (including phenoxy) is 1. The van der Waals surface area contributed by atoms with Gasteiger partial charge in [0.05, 0.1) is 18.4 Å². The van der Waals surface area contributed by atoms with Crippen molar-refractivity contribution in [1.82, 2.24) is 9.88 Å². The lowest BCUT2D eigenvalue weighted by Gasteiger charge is -2.15. The van der Waals surface area contributed by atoms with Gasteiger partial charge in [0, 0.05) is 24.5 Å². The molecule has 2 aromatic rings. The van der Waals surface area contributed by atoms with Crippen LogP contribution in [0.2, 0.25) is 0 Å². The number of methoxy groups -OCH3 is 1. The first-order chi connectivity index (χ1) is 11.2. The van der Waals surface area contributed by atoms with E-state index in [1.807, 2.05) is 23.1 Å². The number of pyridine rings is 1. The summed E-state index contributed by atoms with van der Waals surface area (Å²) in [7, 11) is 1.66. The molecule has 0 bridgehead atoms. The predicted octanol–water partition coefficient (Wildman–Crippen LogP) is 3.52. The van der Waals surface area contributed by atoms with E-state index in [9.17, 15) is 4.79 Å². The first-order valence-electron chi connectivity index (χ1n) is 8.09. The Bertz CT molecular complexity index is 711. The van der Waals surface area contributed by atoms with Gasteiger partial charge in [0.25, 0.3) is 0 Å². The zero-order valence-electron chi connectivity index (χ0n) is 13.7. The molecule has 1 saturated heterocycles. The summed E-state index contributed by atoms with van der Waals surface area (Å²) in [5.41, 5.74) is 2.11. The highest BCUT2D eigenvalue weighted by molar-refractivity contribution is 7.99. The number of carbonyl (C=O) groups excluding carboxylic acids is 1. The molecule has 2 heterocycles. The maximum absolute atomic E-state index is 12.2. The summed E-state index contributed by atoms with van der Waals surface area (Å²) in [6, 6.07) is 8.10. The summed E-state index contributed by atoms with van der Waals surface area (Å²) in [4.78, 5) is 19.0. The fraction of sp³-hybridized carbons (Fsp3) is 0.444. The Balaban J connectivity index is 1.81. The van der Waals surface area contributed by atoms with Gasteiger partial charge in [-0.1, -0.05) is 18.7 Å². The van der Waals surface area contributed by atoms with E-state index in [4.69, 9.17) is 9.72 Å². The number of fused-ring (bicyclic) bond motifs is 1. The van der Waals surface area contributed by atoms with E-state index in [0.29, 0.717) is 5.75 Å². The molecule has 0 spiro atoms. The van der Waals surface area contributed by atoms with Crippen molar-refractivity contribution in [2.24, 2.45) is 0 Å². The average Bonchev–Trinajstić information content (AvgIpc) is 3.12. The third-order valence-corrected chi connectivity index (χ3v) is 5.25. The van der Waals surface area contributed by atoms with Crippen molar-refractivity contribution in [1.29, 1.82) is 0 Å². The Morgan fingerprint density at radius 2 is 2.09 bits per heavy atom. The molecular weight excluding hydrogens is 308 g/mol. The second-order valence-electron chi connectivity index (χ2n) is 5.74. The van der Waals surface area contributed by atoms with Crippen LogP contribution in [0, 0.1) is 0 Å². The van der Waals surface area contributed by atoms with Gasteiger partial charge < -0.3 is 9.64 Å². The maximum atomic E-state index is 12.2. The summed E-state index contributed by atoms with van der Waals surface area (Å²) in [5, 5.41) is 2.07. The number of carbonyl (C=O) groups is 1. The minimum Gasteiger partial charge on any atom is -0.497 e. The van der Waals surface area contributed by atoms with Crippen molar-refractivity contribution < 1.29 is 9.53 Å². The third kappa shape index (κ3) is 3.61. The minimum atomic E-state index is 0.224. The van der Waals surface area contributed by atoms with Crippen molar-refractivity contribution in [2.75, 3.05) is 26.0 Å². The van der Waals surface area contributed by atoms with Crippen LogP contribution < -0.4 is 4.74 Å². The Labute approximate surface area is 141 Å². The number of nitrogens with zero attached hydrogens (tertiary/aromatic N) is 2. The second kappa shape index (κ2) is 7.21. The van der Waals surface area contributed by atoms with Crippen LogP contribution in [0.3, 0.4) is 0 Å². The number of thioether (sulfide) groups is 1. The van der Waals surface area contributed by atoms with Gasteiger partial charge in [0.15, 0.2) is 0 Å². The van der Waals surface area contributed by atoms with Crippen LogP contribution in [0.5, 0.6) is 5.75 Å². The first kappa shape index (κ1) is 16.1. The van der Waals surface area contributed by atoms with E-state index < -0.39 is 0 Å². The molecule has 1 aromatic heterocycles.